The van der Waals surface area contributed by atoms with Crippen LogP contribution in [0.5, 0.6) is 0 Å². The quantitative estimate of drug-likeness (QED) is 0.515. The van der Waals surface area contributed by atoms with E-state index in [0.717, 1.165) is 0 Å². The van der Waals surface area contributed by atoms with Crippen LogP contribution in [-0.2, 0) is 0 Å². The summed E-state index contributed by atoms with van der Waals surface area (Å²) in [6.07, 6.45) is 0. The van der Waals surface area contributed by atoms with Crippen molar-refractivity contribution in [3.63, 3.8) is 0 Å². The molecular formula is C6H4N2O6. The first kappa shape index (κ1) is 9.71. The van der Waals surface area contributed by atoms with Crippen LogP contribution >= 0.6 is 0 Å². The Balaban J connectivity index is 3.42. The molecule has 14 heavy (non-hydrogen) atoms. The molecule has 4 N–H and O–H groups in total. The molecule has 8 nitrogen and oxygen atoms in total. The normalized spacial score (nSPS) is 9.71. The van der Waals surface area contributed by atoms with Gasteiger partial charge in [-0.1, -0.05) is 0 Å². The summed E-state index contributed by atoms with van der Waals surface area (Å²) in [6.45, 7) is 0. The third-order valence-corrected chi connectivity index (χ3v) is 1.40. The van der Waals surface area contributed by atoms with Crippen LogP contribution in [0, 0.1) is 0 Å². The Morgan fingerprint density at radius 2 is 1.57 bits per heavy atom. The van der Waals surface area contributed by atoms with E-state index in [1.54, 1.807) is 0 Å². The second-order valence-corrected chi connectivity index (χ2v) is 2.24. The molecule has 0 fully saturated rings. The predicted octanol–water partition coefficient (Wildman–Crippen LogP) is -0.496. The van der Waals surface area contributed by atoms with E-state index in [1.807, 2.05) is 5.10 Å². The first-order valence-electron chi connectivity index (χ1n) is 3.23. The van der Waals surface area contributed by atoms with E-state index in [4.69, 9.17) is 15.3 Å². The molecular weight excluding hydrogens is 196 g/mol. The zero-order chi connectivity index (χ0) is 10.9. The zero-order valence-electron chi connectivity index (χ0n) is 6.51. The lowest BCUT2D eigenvalue weighted by molar-refractivity contribution is 0.0633. The Bertz CT molecular complexity index is 388. The minimum Gasteiger partial charge on any atom is -0.478 e. The van der Waals surface area contributed by atoms with Crippen molar-refractivity contribution in [1.82, 2.24) is 10.2 Å². The van der Waals surface area contributed by atoms with Crippen LogP contribution in [-0.4, -0.2) is 43.4 Å². The smallest absolute Gasteiger partial charge is 0.357 e. The Labute approximate surface area is 75.8 Å². The highest BCUT2D eigenvalue weighted by Gasteiger charge is 2.27. The van der Waals surface area contributed by atoms with Crippen LogP contribution in [0.3, 0.4) is 0 Å². The molecule has 1 rings (SSSR count). The number of rotatable bonds is 3. The summed E-state index contributed by atoms with van der Waals surface area (Å²) in [7, 11) is 0. The van der Waals surface area contributed by atoms with E-state index in [-0.39, 0.29) is 0 Å². The van der Waals surface area contributed by atoms with E-state index in [9.17, 15) is 14.4 Å². The summed E-state index contributed by atoms with van der Waals surface area (Å²) in [5.74, 6) is -4.85. The third kappa shape index (κ3) is 1.40. The second kappa shape index (κ2) is 3.17. The zero-order valence-corrected chi connectivity index (χ0v) is 6.51. The lowest BCUT2D eigenvalue weighted by Gasteiger charge is -1.92. The lowest BCUT2D eigenvalue weighted by atomic mass is 10.2. The SMILES string of the molecule is O=C(O)c1n[nH]c(C(=O)O)c1C(=O)O. The van der Waals surface area contributed by atoms with Crippen molar-refractivity contribution in [2.75, 3.05) is 0 Å². The van der Waals surface area contributed by atoms with Gasteiger partial charge in [-0.25, -0.2) is 14.4 Å². The van der Waals surface area contributed by atoms with E-state index < -0.39 is 34.9 Å². The standard InChI is InChI=1S/C6H4N2O6/c9-4(10)1-2(5(11)12)7-8-3(1)6(13)14/h(H,7,8)(H,9,10)(H,11,12)(H,13,14). The number of aromatic carboxylic acids is 3. The molecule has 0 amide bonds. The topological polar surface area (TPSA) is 141 Å². The van der Waals surface area contributed by atoms with Gasteiger partial charge in [0, 0.05) is 0 Å². The van der Waals surface area contributed by atoms with Crippen LogP contribution in [0.4, 0.5) is 0 Å². The first-order valence-corrected chi connectivity index (χ1v) is 3.23. The highest BCUT2D eigenvalue weighted by molar-refractivity contribution is 6.07. The average molecular weight is 200 g/mol. The number of nitrogens with zero attached hydrogens (tertiary/aromatic N) is 1. The Morgan fingerprint density at radius 1 is 1.00 bits per heavy atom. The van der Waals surface area contributed by atoms with Crippen molar-refractivity contribution in [3.05, 3.63) is 17.0 Å². The number of hydrogen-bond donors (Lipinski definition) is 4. The van der Waals surface area contributed by atoms with Gasteiger partial charge in [-0.2, -0.15) is 5.10 Å². The Hall–Kier alpha value is -2.38. The molecule has 0 aliphatic heterocycles. The van der Waals surface area contributed by atoms with Crippen LogP contribution in [0.2, 0.25) is 0 Å². The van der Waals surface area contributed by atoms with Gasteiger partial charge in [0.2, 0.25) is 0 Å². The van der Waals surface area contributed by atoms with Crippen molar-refractivity contribution in [1.29, 1.82) is 0 Å². The summed E-state index contributed by atoms with van der Waals surface area (Å²) < 4.78 is 0. The fraction of sp³-hybridized carbons (Fsp3) is 0. The summed E-state index contributed by atoms with van der Waals surface area (Å²) in [6, 6.07) is 0. The highest BCUT2D eigenvalue weighted by atomic mass is 16.4. The van der Waals surface area contributed by atoms with E-state index in [1.165, 1.54) is 0 Å². The third-order valence-electron chi connectivity index (χ3n) is 1.40. The largest absolute Gasteiger partial charge is 0.478 e. The van der Waals surface area contributed by atoms with Gasteiger partial charge < -0.3 is 15.3 Å². The molecule has 0 aliphatic rings. The monoisotopic (exact) mass is 200 g/mol. The molecule has 0 aliphatic carbocycles. The number of nitrogens with one attached hydrogen (secondary N) is 1. The van der Waals surface area contributed by atoms with Gasteiger partial charge in [0.15, 0.2) is 11.4 Å². The minimum absolute atomic E-state index is 0.755. The molecule has 0 radical (unpaired) electrons. The molecule has 1 heterocycles. The molecule has 0 saturated heterocycles. The van der Waals surface area contributed by atoms with Gasteiger partial charge in [-0.05, 0) is 0 Å². The molecule has 0 atom stereocenters. The van der Waals surface area contributed by atoms with Crippen molar-refractivity contribution < 1.29 is 29.7 Å². The molecule has 8 heteroatoms. The number of aromatic nitrogens is 2. The summed E-state index contributed by atoms with van der Waals surface area (Å²) in [4.78, 5) is 31.4. The van der Waals surface area contributed by atoms with Gasteiger partial charge in [0.1, 0.15) is 5.56 Å². The van der Waals surface area contributed by atoms with Gasteiger partial charge in [0.05, 0.1) is 0 Å². The number of carboxylic acid groups (broad SMARTS) is 3. The van der Waals surface area contributed by atoms with Crippen molar-refractivity contribution in [3.8, 4) is 0 Å². The molecule has 0 saturated carbocycles. The maximum absolute atomic E-state index is 10.5. The minimum atomic E-state index is -1.66. The fourth-order valence-corrected chi connectivity index (χ4v) is 0.860. The van der Waals surface area contributed by atoms with Gasteiger partial charge in [-0.15, -0.1) is 0 Å². The summed E-state index contributed by atoms with van der Waals surface area (Å²) in [5, 5.41) is 30.4. The molecule has 1 aromatic rings. The molecule has 0 spiro atoms. The summed E-state index contributed by atoms with van der Waals surface area (Å²) >= 11 is 0. The predicted molar refractivity (Wildman–Crippen MR) is 39.5 cm³/mol. The maximum atomic E-state index is 10.5. The van der Waals surface area contributed by atoms with Crippen molar-refractivity contribution in [2.45, 2.75) is 0 Å². The van der Waals surface area contributed by atoms with Crippen LogP contribution in [0.25, 0.3) is 0 Å². The highest BCUT2D eigenvalue weighted by Crippen LogP contribution is 2.11. The lowest BCUT2D eigenvalue weighted by Crippen LogP contribution is -2.10. The van der Waals surface area contributed by atoms with Gasteiger partial charge in [-0.3, -0.25) is 5.10 Å². The number of hydrogen-bond acceptors (Lipinski definition) is 4. The van der Waals surface area contributed by atoms with Crippen LogP contribution in [0.15, 0.2) is 0 Å². The van der Waals surface area contributed by atoms with E-state index in [2.05, 4.69) is 5.10 Å². The average Bonchev–Trinajstić information content (AvgIpc) is 2.46. The maximum Gasteiger partial charge on any atom is 0.357 e. The molecule has 74 valence electrons. The van der Waals surface area contributed by atoms with Crippen molar-refractivity contribution >= 4 is 17.9 Å². The van der Waals surface area contributed by atoms with E-state index in [0.29, 0.717) is 0 Å². The number of H-pyrrole nitrogens is 1. The number of carboxylic acids is 3. The van der Waals surface area contributed by atoms with E-state index >= 15 is 0 Å². The van der Waals surface area contributed by atoms with Crippen molar-refractivity contribution in [2.24, 2.45) is 0 Å². The molecule has 1 aromatic heterocycles. The molecule has 0 bridgehead atoms. The van der Waals surface area contributed by atoms with Gasteiger partial charge in [0.25, 0.3) is 0 Å². The summed E-state index contributed by atoms with van der Waals surface area (Å²) in [5.41, 5.74) is -2.44. The Morgan fingerprint density at radius 3 is 1.93 bits per heavy atom. The first-order chi connectivity index (χ1) is 6.45. The fourth-order valence-electron chi connectivity index (χ4n) is 0.860. The van der Waals surface area contributed by atoms with Crippen LogP contribution in [0.1, 0.15) is 31.3 Å². The second-order valence-electron chi connectivity index (χ2n) is 2.24. The number of aromatic amines is 1. The molecule has 0 aromatic carbocycles. The van der Waals surface area contributed by atoms with Crippen LogP contribution < -0.4 is 0 Å². The van der Waals surface area contributed by atoms with Gasteiger partial charge >= 0.3 is 17.9 Å². The molecule has 0 unspecified atom stereocenters. The Kier molecular flexibility index (Phi) is 2.19. The number of carbonyl (C=O) groups is 3.